The van der Waals surface area contributed by atoms with E-state index in [4.69, 9.17) is 0 Å². The van der Waals surface area contributed by atoms with Gasteiger partial charge in [0.1, 0.15) is 0 Å². The number of rotatable bonds is 8. The maximum absolute atomic E-state index is 11.7. The molecule has 0 unspecified atom stereocenters. The molecule has 2 rings (SSSR count). The summed E-state index contributed by atoms with van der Waals surface area (Å²) in [5.74, 6) is -0.529. The predicted molar refractivity (Wildman–Crippen MR) is 103 cm³/mol. The van der Waals surface area contributed by atoms with Crippen LogP contribution in [0, 0.1) is 13.8 Å². The van der Waals surface area contributed by atoms with Crippen molar-refractivity contribution >= 4 is 24.2 Å². The van der Waals surface area contributed by atoms with Crippen molar-refractivity contribution in [3.05, 3.63) is 59.2 Å². The molecule has 8 heteroatoms. The molecule has 0 spiro atoms. The number of nitrogens with zero attached hydrogens (tertiary/aromatic N) is 4. The number of nitrogens with one attached hydrogen (secondary N) is 2. The molecular formula is C19H22N6O2. The van der Waals surface area contributed by atoms with Crippen molar-refractivity contribution < 1.29 is 9.59 Å². The summed E-state index contributed by atoms with van der Waals surface area (Å²) in [4.78, 5) is 31.9. The first kappa shape index (κ1) is 19.9. The first-order valence-electron chi connectivity index (χ1n) is 8.54. The number of aryl methyl sites for hydroxylation is 2. The maximum atomic E-state index is 11.7. The minimum absolute atomic E-state index is 0.190. The molecule has 0 aliphatic carbocycles. The van der Waals surface area contributed by atoms with Gasteiger partial charge >= 0.3 is 0 Å². The summed E-state index contributed by atoms with van der Waals surface area (Å²) in [6.45, 7) is 3.75. The summed E-state index contributed by atoms with van der Waals surface area (Å²) < 4.78 is 0. The zero-order valence-electron chi connectivity index (χ0n) is 15.3. The van der Waals surface area contributed by atoms with Crippen LogP contribution in [0.15, 0.2) is 46.6 Å². The quantitative estimate of drug-likeness (QED) is 0.549. The van der Waals surface area contributed by atoms with Crippen LogP contribution in [0.5, 0.6) is 0 Å². The average molecular weight is 366 g/mol. The fourth-order valence-corrected chi connectivity index (χ4v) is 2.13. The number of carbonyl (C=O) groups is 2. The lowest BCUT2D eigenvalue weighted by molar-refractivity contribution is -0.122. The van der Waals surface area contributed by atoms with Crippen molar-refractivity contribution in [1.82, 2.24) is 20.8 Å². The van der Waals surface area contributed by atoms with E-state index in [1.165, 1.54) is 12.4 Å². The van der Waals surface area contributed by atoms with Gasteiger partial charge in [0.15, 0.2) is 0 Å². The third kappa shape index (κ3) is 8.00. The number of carbonyl (C=O) groups excluding carboxylic acids is 2. The van der Waals surface area contributed by atoms with E-state index < -0.39 is 0 Å². The molecule has 0 aromatic carbocycles. The van der Waals surface area contributed by atoms with Crippen LogP contribution < -0.4 is 10.9 Å². The van der Waals surface area contributed by atoms with Crippen LogP contribution in [-0.4, -0.2) is 34.2 Å². The zero-order valence-corrected chi connectivity index (χ0v) is 15.3. The molecule has 2 heterocycles. The summed E-state index contributed by atoms with van der Waals surface area (Å²) in [7, 11) is 0. The summed E-state index contributed by atoms with van der Waals surface area (Å²) in [6, 6.07) is 11.1. The molecule has 2 aromatic heterocycles. The zero-order chi connectivity index (χ0) is 19.5. The van der Waals surface area contributed by atoms with Crippen molar-refractivity contribution in [2.24, 2.45) is 10.2 Å². The SMILES string of the molecule is Cc1cccc(/C=N\NC(=O)CCCC(=O)N/N=C\c2cccc(C)n2)n1. The second-order valence-corrected chi connectivity index (χ2v) is 5.85. The molecule has 27 heavy (non-hydrogen) atoms. The molecule has 0 bridgehead atoms. The molecule has 0 aliphatic heterocycles. The van der Waals surface area contributed by atoms with Crippen LogP contribution in [0.25, 0.3) is 0 Å². The van der Waals surface area contributed by atoms with Gasteiger partial charge in [-0.05, 0) is 44.5 Å². The van der Waals surface area contributed by atoms with E-state index in [2.05, 4.69) is 31.0 Å². The molecule has 0 saturated heterocycles. The summed E-state index contributed by atoms with van der Waals surface area (Å²) in [5.41, 5.74) is 7.90. The van der Waals surface area contributed by atoms with E-state index in [0.29, 0.717) is 17.8 Å². The molecule has 0 radical (unpaired) electrons. The van der Waals surface area contributed by atoms with Gasteiger partial charge in [-0.25, -0.2) is 10.9 Å². The Bertz CT molecular complexity index is 778. The highest BCUT2D eigenvalue weighted by Crippen LogP contribution is 1.97. The molecule has 8 nitrogen and oxygen atoms in total. The molecule has 2 amide bonds. The van der Waals surface area contributed by atoms with E-state index in [-0.39, 0.29) is 24.7 Å². The first-order valence-corrected chi connectivity index (χ1v) is 8.54. The van der Waals surface area contributed by atoms with Gasteiger partial charge in [0.25, 0.3) is 0 Å². The van der Waals surface area contributed by atoms with Crippen LogP contribution in [0.4, 0.5) is 0 Å². The minimum atomic E-state index is -0.265. The third-order valence-electron chi connectivity index (χ3n) is 3.40. The molecule has 0 atom stereocenters. The van der Waals surface area contributed by atoms with E-state index in [1.54, 1.807) is 12.1 Å². The van der Waals surface area contributed by atoms with Crippen molar-refractivity contribution in [1.29, 1.82) is 0 Å². The monoisotopic (exact) mass is 366 g/mol. The topological polar surface area (TPSA) is 109 Å². The smallest absolute Gasteiger partial charge is 0.240 e. The van der Waals surface area contributed by atoms with Crippen LogP contribution >= 0.6 is 0 Å². The molecule has 0 fully saturated rings. The van der Waals surface area contributed by atoms with Gasteiger partial charge in [-0.15, -0.1) is 0 Å². The Labute approximate surface area is 157 Å². The van der Waals surface area contributed by atoms with Crippen molar-refractivity contribution in [2.75, 3.05) is 0 Å². The molecule has 2 N–H and O–H groups in total. The molecule has 2 aromatic rings. The van der Waals surface area contributed by atoms with Crippen LogP contribution in [0.3, 0.4) is 0 Å². The predicted octanol–water partition coefficient (Wildman–Crippen LogP) is 1.86. The molecule has 140 valence electrons. The van der Waals surface area contributed by atoms with Crippen LogP contribution in [0.1, 0.15) is 42.0 Å². The van der Waals surface area contributed by atoms with Crippen LogP contribution in [-0.2, 0) is 9.59 Å². The van der Waals surface area contributed by atoms with E-state index >= 15 is 0 Å². The molecule has 0 saturated carbocycles. The van der Waals surface area contributed by atoms with Gasteiger partial charge in [-0.3, -0.25) is 19.6 Å². The Morgan fingerprint density at radius 1 is 0.852 bits per heavy atom. The standard InChI is InChI=1S/C19H22N6O2/c1-14-6-3-8-16(22-14)12-20-24-18(26)10-5-11-19(27)25-21-13-17-9-4-7-15(2)23-17/h3-4,6-9,12-13H,5,10-11H2,1-2H3,(H,24,26)(H,25,27)/b20-12-,21-13-. The lowest BCUT2D eigenvalue weighted by Gasteiger charge is -2.01. The van der Waals surface area contributed by atoms with E-state index in [1.807, 2.05) is 38.1 Å². The Balaban J connectivity index is 1.63. The van der Waals surface area contributed by atoms with Crippen molar-refractivity contribution in [3.63, 3.8) is 0 Å². The number of hydrogen-bond donors (Lipinski definition) is 2. The summed E-state index contributed by atoms with van der Waals surface area (Å²) >= 11 is 0. The van der Waals surface area contributed by atoms with Gasteiger partial charge in [-0.1, -0.05) is 12.1 Å². The lowest BCUT2D eigenvalue weighted by Crippen LogP contribution is -2.20. The van der Waals surface area contributed by atoms with Gasteiger partial charge in [-0.2, -0.15) is 10.2 Å². The highest BCUT2D eigenvalue weighted by Gasteiger charge is 2.04. The summed E-state index contributed by atoms with van der Waals surface area (Å²) in [5, 5.41) is 7.71. The molecular weight excluding hydrogens is 344 g/mol. The Kier molecular flexibility index (Phi) is 7.77. The Hall–Kier alpha value is -3.42. The number of pyridine rings is 2. The second kappa shape index (κ2) is 10.5. The van der Waals surface area contributed by atoms with Gasteiger partial charge in [0.05, 0.1) is 23.8 Å². The average Bonchev–Trinajstić information content (AvgIpc) is 2.62. The Morgan fingerprint density at radius 2 is 1.30 bits per heavy atom. The lowest BCUT2D eigenvalue weighted by atomic mass is 10.2. The van der Waals surface area contributed by atoms with Gasteiger partial charge in [0, 0.05) is 24.2 Å². The highest BCUT2D eigenvalue weighted by molar-refractivity contribution is 5.82. The fraction of sp³-hybridized carbons (Fsp3) is 0.263. The second-order valence-electron chi connectivity index (χ2n) is 5.85. The highest BCUT2D eigenvalue weighted by atomic mass is 16.2. The number of hydrogen-bond acceptors (Lipinski definition) is 6. The van der Waals surface area contributed by atoms with Crippen molar-refractivity contribution in [3.8, 4) is 0 Å². The van der Waals surface area contributed by atoms with Crippen molar-refractivity contribution in [2.45, 2.75) is 33.1 Å². The number of aromatic nitrogens is 2. The number of hydrazone groups is 2. The minimum Gasteiger partial charge on any atom is -0.273 e. The van der Waals surface area contributed by atoms with Crippen LogP contribution in [0.2, 0.25) is 0 Å². The van der Waals surface area contributed by atoms with E-state index in [0.717, 1.165) is 11.4 Å². The fourth-order valence-electron chi connectivity index (χ4n) is 2.13. The first-order chi connectivity index (χ1) is 13.0. The largest absolute Gasteiger partial charge is 0.273 e. The number of amides is 2. The normalized spacial score (nSPS) is 11.0. The third-order valence-corrected chi connectivity index (χ3v) is 3.40. The molecule has 0 aliphatic rings. The maximum Gasteiger partial charge on any atom is 0.240 e. The Morgan fingerprint density at radius 3 is 1.70 bits per heavy atom. The van der Waals surface area contributed by atoms with Gasteiger partial charge < -0.3 is 0 Å². The van der Waals surface area contributed by atoms with Gasteiger partial charge in [0.2, 0.25) is 11.8 Å². The van der Waals surface area contributed by atoms with E-state index in [9.17, 15) is 9.59 Å². The summed E-state index contributed by atoms with van der Waals surface area (Å²) in [6.07, 6.45) is 3.73.